The Morgan fingerprint density at radius 3 is 2.52 bits per heavy atom. The van der Waals surface area contributed by atoms with Gasteiger partial charge in [-0.15, -0.1) is 11.3 Å². The molecule has 2 aliphatic heterocycles. The second kappa shape index (κ2) is 9.46. The van der Waals surface area contributed by atoms with Crippen molar-refractivity contribution in [1.82, 2.24) is 14.8 Å². The number of ether oxygens (including phenoxy) is 1. The Labute approximate surface area is 187 Å². The highest BCUT2D eigenvalue weighted by atomic mass is 32.1. The second-order valence-corrected chi connectivity index (χ2v) is 9.32. The van der Waals surface area contributed by atoms with Gasteiger partial charge in [-0.2, -0.15) is 0 Å². The van der Waals surface area contributed by atoms with Crippen LogP contribution in [0, 0.1) is 20.8 Å². The van der Waals surface area contributed by atoms with Crippen LogP contribution in [-0.4, -0.2) is 72.0 Å². The molecule has 7 nitrogen and oxygen atoms in total. The van der Waals surface area contributed by atoms with E-state index in [9.17, 15) is 9.59 Å². The van der Waals surface area contributed by atoms with E-state index in [2.05, 4.69) is 48.1 Å². The maximum absolute atomic E-state index is 12.5. The van der Waals surface area contributed by atoms with Crippen LogP contribution in [0.2, 0.25) is 0 Å². The van der Waals surface area contributed by atoms with Crippen molar-refractivity contribution >= 4 is 28.3 Å². The molecule has 1 aromatic carbocycles. The lowest BCUT2D eigenvalue weighted by molar-refractivity contribution is -0.142. The van der Waals surface area contributed by atoms with E-state index in [0.717, 1.165) is 24.1 Å². The zero-order valence-electron chi connectivity index (χ0n) is 18.4. The van der Waals surface area contributed by atoms with Crippen LogP contribution >= 0.6 is 11.3 Å². The first-order chi connectivity index (χ1) is 14.9. The minimum atomic E-state index is -0.269. The Morgan fingerprint density at radius 2 is 1.87 bits per heavy atom. The summed E-state index contributed by atoms with van der Waals surface area (Å²) in [6, 6.07) is 4.31. The number of piperazine rings is 1. The van der Waals surface area contributed by atoms with E-state index in [1.165, 1.54) is 28.0 Å². The molecule has 1 aromatic heterocycles. The summed E-state index contributed by atoms with van der Waals surface area (Å²) in [5.41, 5.74) is 5.65. The highest BCUT2D eigenvalue weighted by molar-refractivity contribution is 7.14. The maximum Gasteiger partial charge on any atom is 0.251 e. The lowest BCUT2D eigenvalue weighted by atomic mass is 9.98. The zero-order chi connectivity index (χ0) is 22.0. The topological polar surface area (TPSA) is 74.8 Å². The minimum Gasteiger partial charge on any atom is -0.368 e. The molecule has 2 fully saturated rings. The van der Waals surface area contributed by atoms with E-state index in [1.54, 1.807) is 0 Å². The van der Waals surface area contributed by atoms with Gasteiger partial charge in [0.2, 0.25) is 5.91 Å². The third kappa shape index (κ3) is 5.14. The Hall–Kier alpha value is -2.29. The third-order valence-corrected chi connectivity index (χ3v) is 6.70. The number of nitrogens with one attached hydrogen (secondary N) is 1. The highest BCUT2D eigenvalue weighted by Gasteiger charge is 2.30. The number of carbonyl (C=O) groups excluding carboxylic acids is 2. The van der Waals surface area contributed by atoms with Gasteiger partial charge in [-0.1, -0.05) is 17.7 Å². The average Bonchev–Trinajstić information content (AvgIpc) is 3.40. The average molecular weight is 443 g/mol. The van der Waals surface area contributed by atoms with Crippen LogP contribution in [-0.2, 0) is 14.3 Å². The Balaban J connectivity index is 1.29. The van der Waals surface area contributed by atoms with Crippen molar-refractivity contribution in [3.8, 4) is 11.3 Å². The van der Waals surface area contributed by atoms with E-state index in [1.807, 2.05) is 10.3 Å². The lowest BCUT2D eigenvalue weighted by Gasteiger charge is -2.35. The fraction of sp³-hybridized carbons (Fsp3) is 0.522. The van der Waals surface area contributed by atoms with Gasteiger partial charge in [0, 0.05) is 43.7 Å². The van der Waals surface area contributed by atoms with Gasteiger partial charge in [0.05, 0.1) is 12.2 Å². The van der Waals surface area contributed by atoms with Gasteiger partial charge in [-0.05, 0) is 44.7 Å². The molecule has 8 heteroatoms. The summed E-state index contributed by atoms with van der Waals surface area (Å²) >= 11 is 1.45. The summed E-state index contributed by atoms with van der Waals surface area (Å²) < 4.78 is 5.51. The van der Waals surface area contributed by atoms with Crippen LogP contribution in [0.15, 0.2) is 17.5 Å². The maximum atomic E-state index is 12.5. The molecule has 0 radical (unpaired) electrons. The van der Waals surface area contributed by atoms with Gasteiger partial charge in [0.25, 0.3) is 5.91 Å². The van der Waals surface area contributed by atoms with Gasteiger partial charge in [0.15, 0.2) is 5.13 Å². The predicted molar refractivity (Wildman–Crippen MR) is 122 cm³/mol. The largest absolute Gasteiger partial charge is 0.368 e. The number of thiazole rings is 1. The van der Waals surface area contributed by atoms with Crippen LogP contribution < -0.4 is 5.32 Å². The second-order valence-electron chi connectivity index (χ2n) is 8.46. The number of benzene rings is 1. The summed E-state index contributed by atoms with van der Waals surface area (Å²) in [4.78, 5) is 33.6. The lowest BCUT2D eigenvalue weighted by Crippen LogP contribution is -2.52. The number of amides is 2. The first kappa shape index (κ1) is 21.9. The minimum absolute atomic E-state index is 0.0721. The normalized spacial score (nSPS) is 19.6. The standard InChI is InChI=1S/C23H30N4O3S/c1-15-11-16(2)21(17(3)12-15)18-14-31-23(24-18)25-20(28)13-26-6-8-27(9-7-26)22(29)19-5-4-10-30-19/h11-12,14,19H,4-10,13H2,1-3H3,(H,24,25,28). The summed E-state index contributed by atoms with van der Waals surface area (Å²) in [5, 5.41) is 5.55. The van der Waals surface area contributed by atoms with E-state index in [4.69, 9.17) is 4.74 Å². The number of nitrogens with zero attached hydrogens (tertiary/aromatic N) is 3. The van der Waals surface area contributed by atoms with E-state index >= 15 is 0 Å². The Morgan fingerprint density at radius 1 is 1.16 bits per heavy atom. The van der Waals surface area contributed by atoms with Crippen molar-refractivity contribution in [3.63, 3.8) is 0 Å². The fourth-order valence-corrected chi connectivity index (χ4v) is 5.21. The van der Waals surface area contributed by atoms with Crippen molar-refractivity contribution in [2.45, 2.75) is 39.7 Å². The number of anilines is 1. The van der Waals surface area contributed by atoms with Crippen LogP contribution in [0.4, 0.5) is 5.13 Å². The summed E-state index contributed by atoms with van der Waals surface area (Å²) in [7, 11) is 0. The fourth-order valence-electron chi connectivity index (χ4n) is 4.49. The number of aryl methyl sites for hydroxylation is 3. The van der Waals surface area contributed by atoms with Gasteiger partial charge >= 0.3 is 0 Å². The van der Waals surface area contributed by atoms with Crippen molar-refractivity contribution in [3.05, 3.63) is 34.2 Å². The van der Waals surface area contributed by atoms with Crippen LogP contribution in [0.1, 0.15) is 29.5 Å². The first-order valence-electron chi connectivity index (χ1n) is 10.9. The molecular formula is C23H30N4O3S. The molecule has 4 rings (SSSR count). The molecule has 1 N–H and O–H groups in total. The number of hydrogen-bond acceptors (Lipinski definition) is 6. The quantitative estimate of drug-likeness (QED) is 0.771. The smallest absolute Gasteiger partial charge is 0.251 e. The molecule has 0 saturated carbocycles. The number of hydrogen-bond donors (Lipinski definition) is 1. The van der Waals surface area contributed by atoms with Crippen LogP contribution in [0.25, 0.3) is 11.3 Å². The van der Waals surface area contributed by atoms with E-state index < -0.39 is 0 Å². The zero-order valence-corrected chi connectivity index (χ0v) is 19.3. The highest BCUT2D eigenvalue weighted by Crippen LogP contribution is 2.31. The molecule has 1 unspecified atom stereocenters. The van der Waals surface area contributed by atoms with Crippen LogP contribution in [0.3, 0.4) is 0 Å². The third-order valence-electron chi connectivity index (χ3n) is 5.94. The monoisotopic (exact) mass is 442 g/mol. The van der Waals surface area contributed by atoms with Crippen molar-refractivity contribution < 1.29 is 14.3 Å². The van der Waals surface area contributed by atoms with E-state index in [-0.39, 0.29) is 17.9 Å². The number of aromatic nitrogens is 1. The molecule has 2 saturated heterocycles. The van der Waals surface area contributed by atoms with Crippen molar-refractivity contribution in [2.24, 2.45) is 0 Å². The molecule has 166 valence electrons. The summed E-state index contributed by atoms with van der Waals surface area (Å²) in [6.45, 7) is 9.92. The molecule has 0 spiro atoms. The molecule has 3 heterocycles. The van der Waals surface area contributed by atoms with Crippen molar-refractivity contribution in [2.75, 3.05) is 44.6 Å². The van der Waals surface area contributed by atoms with Crippen molar-refractivity contribution in [1.29, 1.82) is 0 Å². The van der Waals surface area contributed by atoms with Gasteiger partial charge in [-0.3, -0.25) is 14.5 Å². The summed E-state index contributed by atoms with van der Waals surface area (Å²) in [5.74, 6) is 0.0239. The number of carbonyl (C=O) groups is 2. The molecule has 2 aromatic rings. The Kier molecular flexibility index (Phi) is 6.69. The van der Waals surface area contributed by atoms with Gasteiger partial charge < -0.3 is 15.0 Å². The van der Waals surface area contributed by atoms with Gasteiger partial charge in [-0.25, -0.2) is 4.98 Å². The molecular weight excluding hydrogens is 412 g/mol. The summed E-state index contributed by atoms with van der Waals surface area (Å²) in [6.07, 6.45) is 1.51. The molecule has 31 heavy (non-hydrogen) atoms. The number of rotatable bonds is 5. The molecule has 2 aliphatic rings. The predicted octanol–water partition coefficient (Wildman–Crippen LogP) is 3.00. The molecule has 0 bridgehead atoms. The van der Waals surface area contributed by atoms with Crippen LogP contribution in [0.5, 0.6) is 0 Å². The SMILES string of the molecule is Cc1cc(C)c(-c2csc(NC(=O)CN3CCN(C(=O)C4CCCO4)CC3)n2)c(C)c1. The molecule has 1 atom stereocenters. The Bertz CT molecular complexity index is 936. The first-order valence-corrected chi connectivity index (χ1v) is 11.7. The molecule has 0 aliphatic carbocycles. The van der Waals surface area contributed by atoms with Gasteiger partial charge in [0.1, 0.15) is 6.10 Å². The van der Waals surface area contributed by atoms with E-state index in [0.29, 0.717) is 44.5 Å². The molecule has 2 amide bonds.